The van der Waals surface area contributed by atoms with E-state index in [1.807, 2.05) is 18.6 Å². The van der Waals surface area contributed by atoms with E-state index in [1.165, 1.54) is 63.5 Å². The fourth-order valence-corrected chi connectivity index (χ4v) is 2.98. The average Bonchev–Trinajstić information content (AvgIpc) is 2.68. The van der Waals surface area contributed by atoms with Crippen molar-refractivity contribution in [2.75, 3.05) is 5.32 Å². The first-order valence-corrected chi connectivity index (χ1v) is 10.3. The molecule has 0 atom stereocenters. The van der Waals surface area contributed by atoms with Crippen LogP contribution in [-0.4, -0.2) is 15.0 Å². The van der Waals surface area contributed by atoms with Crippen molar-refractivity contribution >= 4 is 11.4 Å². The van der Waals surface area contributed by atoms with Gasteiger partial charge in [0.15, 0.2) is 0 Å². The zero-order chi connectivity index (χ0) is 18.5. The smallest absolute Gasteiger partial charge is 0.128 e. The minimum atomic E-state index is 0.914. The molecule has 0 fully saturated rings. The Morgan fingerprint density at radius 1 is 0.654 bits per heavy atom. The van der Waals surface area contributed by atoms with E-state index in [1.54, 1.807) is 0 Å². The van der Waals surface area contributed by atoms with E-state index in [9.17, 15) is 0 Å². The van der Waals surface area contributed by atoms with Crippen molar-refractivity contribution in [2.24, 2.45) is 0 Å². The number of rotatable bonds is 13. The van der Waals surface area contributed by atoms with Crippen molar-refractivity contribution in [3.05, 3.63) is 42.2 Å². The van der Waals surface area contributed by atoms with Gasteiger partial charge in [0.05, 0.1) is 30.0 Å². The molecule has 1 N–H and O–H groups in total. The van der Waals surface area contributed by atoms with Crippen LogP contribution in [0.15, 0.2) is 30.7 Å². The summed E-state index contributed by atoms with van der Waals surface area (Å²) in [5.41, 5.74) is 3.07. The number of hydrogen-bond donors (Lipinski definition) is 1. The first-order valence-electron chi connectivity index (χ1n) is 10.3. The lowest BCUT2D eigenvalue weighted by Gasteiger charge is -2.07. The lowest BCUT2D eigenvalue weighted by molar-refractivity contribution is 0.622. The van der Waals surface area contributed by atoms with Gasteiger partial charge in [0.1, 0.15) is 5.82 Å². The van der Waals surface area contributed by atoms with Crippen LogP contribution in [0.4, 0.5) is 11.4 Å². The maximum atomic E-state index is 4.55. The van der Waals surface area contributed by atoms with E-state index in [2.05, 4.69) is 46.2 Å². The lowest BCUT2D eigenvalue weighted by atomic mass is 10.1. The highest BCUT2D eigenvalue weighted by Crippen LogP contribution is 2.15. The van der Waals surface area contributed by atoms with Crippen molar-refractivity contribution in [3.63, 3.8) is 0 Å². The molecular weight excluding hydrogens is 320 g/mol. The number of aryl methyl sites for hydroxylation is 2. The molecule has 0 aliphatic heterocycles. The summed E-state index contributed by atoms with van der Waals surface area (Å²) >= 11 is 0. The van der Waals surface area contributed by atoms with Crippen LogP contribution >= 0.6 is 0 Å². The number of unbranched alkanes of at least 4 members (excludes halogenated alkanes) is 7. The molecule has 0 unspecified atom stereocenters. The van der Waals surface area contributed by atoms with Gasteiger partial charge in [-0.3, -0.25) is 4.98 Å². The van der Waals surface area contributed by atoms with E-state index in [4.69, 9.17) is 0 Å². The molecule has 2 aromatic rings. The number of anilines is 2. The second-order valence-corrected chi connectivity index (χ2v) is 7.03. The van der Waals surface area contributed by atoms with Crippen LogP contribution in [-0.2, 0) is 12.8 Å². The maximum absolute atomic E-state index is 4.55. The van der Waals surface area contributed by atoms with Crippen molar-refractivity contribution in [1.82, 2.24) is 15.0 Å². The van der Waals surface area contributed by atoms with Crippen molar-refractivity contribution in [2.45, 2.75) is 84.5 Å². The molecule has 26 heavy (non-hydrogen) atoms. The van der Waals surface area contributed by atoms with Gasteiger partial charge in [0, 0.05) is 12.1 Å². The molecule has 2 rings (SSSR count). The first kappa shape index (κ1) is 20.3. The molecule has 2 aromatic heterocycles. The normalized spacial score (nSPS) is 10.8. The zero-order valence-electron chi connectivity index (χ0n) is 16.5. The predicted octanol–water partition coefficient (Wildman–Crippen LogP) is 6.25. The van der Waals surface area contributed by atoms with Crippen molar-refractivity contribution in [1.29, 1.82) is 0 Å². The molecule has 0 aromatic carbocycles. The van der Waals surface area contributed by atoms with Crippen LogP contribution < -0.4 is 5.32 Å². The van der Waals surface area contributed by atoms with Gasteiger partial charge < -0.3 is 5.32 Å². The molecule has 142 valence electrons. The van der Waals surface area contributed by atoms with Gasteiger partial charge in [-0.2, -0.15) is 0 Å². The summed E-state index contributed by atoms with van der Waals surface area (Å²) in [4.78, 5) is 13.5. The second-order valence-electron chi connectivity index (χ2n) is 7.03. The fraction of sp³-hybridized carbons (Fsp3) is 0.591. The Kier molecular flexibility index (Phi) is 9.70. The van der Waals surface area contributed by atoms with Gasteiger partial charge in [-0.05, 0) is 31.4 Å². The molecule has 4 heteroatoms. The topological polar surface area (TPSA) is 50.7 Å². The Bertz CT molecular complexity index is 593. The Labute approximate surface area is 158 Å². The molecule has 0 saturated carbocycles. The maximum Gasteiger partial charge on any atom is 0.128 e. The SMILES string of the molecule is CCCCCCCc1ncc(Nc2ccc(CCCCCC)nc2)cn1. The lowest BCUT2D eigenvalue weighted by Crippen LogP contribution is -1.99. The molecule has 0 bridgehead atoms. The molecule has 0 aliphatic rings. The highest BCUT2D eigenvalue weighted by molar-refractivity contribution is 5.56. The summed E-state index contributed by atoms with van der Waals surface area (Å²) in [6.07, 6.45) is 19.2. The molecule has 4 nitrogen and oxygen atoms in total. The van der Waals surface area contributed by atoms with Crippen LogP contribution in [0.25, 0.3) is 0 Å². The van der Waals surface area contributed by atoms with E-state index in [0.29, 0.717) is 0 Å². The third-order valence-electron chi connectivity index (χ3n) is 4.61. The summed E-state index contributed by atoms with van der Waals surface area (Å²) < 4.78 is 0. The number of nitrogens with one attached hydrogen (secondary N) is 1. The van der Waals surface area contributed by atoms with Gasteiger partial charge >= 0.3 is 0 Å². The quantitative estimate of drug-likeness (QED) is 0.432. The highest BCUT2D eigenvalue weighted by Gasteiger charge is 2.01. The van der Waals surface area contributed by atoms with E-state index in [-0.39, 0.29) is 0 Å². The van der Waals surface area contributed by atoms with E-state index in [0.717, 1.165) is 30.0 Å². The fourth-order valence-electron chi connectivity index (χ4n) is 2.98. The summed E-state index contributed by atoms with van der Waals surface area (Å²) in [5.74, 6) is 0.938. The molecule has 0 spiro atoms. The summed E-state index contributed by atoms with van der Waals surface area (Å²) in [6, 6.07) is 4.20. The molecule has 2 heterocycles. The number of hydrogen-bond acceptors (Lipinski definition) is 4. The van der Waals surface area contributed by atoms with Crippen molar-refractivity contribution in [3.8, 4) is 0 Å². The minimum Gasteiger partial charge on any atom is -0.352 e. The molecule has 0 aliphatic carbocycles. The van der Waals surface area contributed by atoms with Crippen molar-refractivity contribution < 1.29 is 0 Å². The number of nitrogens with zero attached hydrogens (tertiary/aromatic N) is 3. The molecular formula is C22H34N4. The highest BCUT2D eigenvalue weighted by atomic mass is 15.0. The van der Waals surface area contributed by atoms with Gasteiger partial charge in [-0.25, -0.2) is 9.97 Å². The van der Waals surface area contributed by atoms with Gasteiger partial charge in [-0.15, -0.1) is 0 Å². The summed E-state index contributed by atoms with van der Waals surface area (Å²) in [7, 11) is 0. The Hall–Kier alpha value is -1.97. The summed E-state index contributed by atoms with van der Waals surface area (Å²) in [5, 5.41) is 3.33. The number of aromatic nitrogens is 3. The van der Waals surface area contributed by atoms with Crippen LogP contribution in [0.2, 0.25) is 0 Å². The standard InChI is InChI=1S/C22H34N4/c1-3-5-7-9-11-13-22-24-17-21(18-25-22)26-20-15-14-19(23-16-20)12-10-8-6-4-2/h14-18,26H,3-13H2,1-2H3. The largest absolute Gasteiger partial charge is 0.352 e. The van der Waals surface area contributed by atoms with Crippen LogP contribution in [0.3, 0.4) is 0 Å². The van der Waals surface area contributed by atoms with Gasteiger partial charge in [0.2, 0.25) is 0 Å². The second kappa shape index (κ2) is 12.4. The van der Waals surface area contributed by atoms with Gasteiger partial charge in [-0.1, -0.05) is 58.8 Å². The van der Waals surface area contributed by atoms with E-state index >= 15 is 0 Å². The summed E-state index contributed by atoms with van der Waals surface area (Å²) in [6.45, 7) is 4.48. The molecule has 0 amide bonds. The third kappa shape index (κ3) is 7.94. The first-order chi connectivity index (χ1) is 12.8. The Morgan fingerprint density at radius 3 is 1.92 bits per heavy atom. The van der Waals surface area contributed by atoms with Gasteiger partial charge in [0.25, 0.3) is 0 Å². The zero-order valence-corrected chi connectivity index (χ0v) is 16.5. The third-order valence-corrected chi connectivity index (χ3v) is 4.61. The Balaban J connectivity index is 1.74. The monoisotopic (exact) mass is 354 g/mol. The minimum absolute atomic E-state index is 0.914. The molecule has 0 saturated heterocycles. The molecule has 0 radical (unpaired) electrons. The average molecular weight is 355 g/mol. The van der Waals surface area contributed by atoms with Crippen LogP contribution in [0, 0.1) is 0 Å². The van der Waals surface area contributed by atoms with Crippen LogP contribution in [0.5, 0.6) is 0 Å². The Morgan fingerprint density at radius 2 is 1.27 bits per heavy atom. The predicted molar refractivity (Wildman–Crippen MR) is 110 cm³/mol. The van der Waals surface area contributed by atoms with E-state index < -0.39 is 0 Å². The number of pyridine rings is 1. The van der Waals surface area contributed by atoms with Crippen LogP contribution in [0.1, 0.15) is 83.2 Å².